The van der Waals surface area contributed by atoms with Crippen molar-refractivity contribution in [3.8, 4) is 33.8 Å². The molecule has 4 aromatic heterocycles. The van der Waals surface area contributed by atoms with Gasteiger partial charge in [-0.1, -0.05) is 75.6 Å². The van der Waals surface area contributed by atoms with E-state index in [-0.39, 0.29) is 0 Å². The van der Waals surface area contributed by atoms with E-state index in [4.69, 9.17) is 22.4 Å². The Morgan fingerprint density at radius 1 is 0.527 bits per heavy atom. The topological polar surface area (TPSA) is 154 Å². The predicted molar refractivity (Wildman–Crippen MR) is 215 cm³/mol. The van der Waals surface area contributed by atoms with Crippen molar-refractivity contribution in [3.63, 3.8) is 0 Å². The van der Waals surface area contributed by atoms with Crippen LogP contribution in [0.4, 0.5) is 0 Å². The Kier molecular flexibility index (Phi) is 14.9. The van der Waals surface area contributed by atoms with E-state index in [9.17, 15) is 19.2 Å². The van der Waals surface area contributed by atoms with Crippen molar-refractivity contribution in [1.82, 2.24) is 9.97 Å². The van der Waals surface area contributed by atoms with E-state index in [1.165, 1.54) is 0 Å². The Labute approximate surface area is 323 Å². The molecule has 2 N–H and O–H groups in total. The summed E-state index contributed by atoms with van der Waals surface area (Å²) in [4.78, 5) is 53.9. The number of fused-ring (bicyclic) bond motifs is 2. The van der Waals surface area contributed by atoms with Crippen molar-refractivity contribution in [2.24, 2.45) is 0 Å². The maximum Gasteiger partial charge on any atom is 0.372 e. The van der Waals surface area contributed by atoms with Gasteiger partial charge in [-0.05, 0) is 96.7 Å². The largest absolute Gasteiger partial charge is 0.494 e. The summed E-state index contributed by atoms with van der Waals surface area (Å²) >= 11 is 0. The number of rotatable bonds is 22. The van der Waals surface area contributed by atoms with E-state index < -0.39 is 29.8 Å². The molecule has 0 spiro atoms. The molecule has 0 unspecified atom stereocenters. The minimum absolute atomic E-state index is 0.320. The molecule has 286 valence electrons. The van der Waals surface area contributed by atoms with Crippen LogP contribution in [-0.4, -0.2) is 51.3 Å². The molecule has 0 atom stereocenters. The molecule has 13 heteroatoms. The van der Waals surface area contributed by atoms with Gasteiger partial charge in [0.05, 0.1) is 24.3 Å². The molecule has 6 aromatic rings. The average Bonchev–Trinajstić information content (AvgIpc) is 3.19. The SMILES string of the molecule is O=c1oc2ncccc2cc1-c1cccc(OCCCCCCC[Si](O)O[Si](O)CCCCCCCOc2cccc(-c3cc4cccnc4oc3=O)c2)c1. The molecule has 0 fully saturated rings. The Balaban J connectivity index is 0.766. The first-order chi connectivity index (χ1) is 26.9. The van der Waals surface area contributed by atoms with Crippen LogP contribution in [0.2, 0.25) is 12.1 Å². The number of unbranched alkanes of at least 4 members (excludes halogenated alkanes) is 8. The molecule has 2 aromatic carbocycles. The van der Waals surface area contributed by atoms with Gasteiger partial charge in [-0.2, -0.15) is 0 Å². The summed E-state index contributed by atoms with van der Waals surface area (Å²) in [7, 11) is -3.96. The molecular formula is C42H46N2O9Si2. The Morgan fingerprint density at radius 2 is 0.964 bits per heavy atom. The first kappa shape index (κ1) is 39.8. The van der Waals surface area contributed by atoms with Gasteiger partial charge in [-0.25, -0.2) is 19.6 Å². The summed E-state index contributed by atoms with van der Waals surface area (Å²) in [6, 6.07) is 27.1. The van der Waals surface area contributed by atoms with E-state index in [0.29, 0.717) is 59.4 Å². The van der Waals surface area contributed by atoms with E-state index in [2.05, 4.69) is 9.97 Å². The number of nitrogens with zero attached hydrogens (tertiary/aromatic N) is 2. The zero-order valence-corrected chi connectivity index (χ0v) is 32.8. The third kappa shape index (κ3) is 12.0. The maximum absolute atomic E-state index is 12.5. The summed E-state index contributed by atoms with van der Waals surface area (Å²) in [5.74, 6) is 1.40. The zero-order chi connectivity index (χ0) is 38.2. The Bertz CT molecular complexity index is 2090. The monoisotopic (exact) mass is 778 g/mol. The van der Waals surface area contributed by atoms with Gasteiger partial charge in [0, 0.05) is 23.2 Å². The number of pyridine rings is 2. The third-order valence-corrected chi connectivity index (χ3v) is 12.6. The van der Waals surface area contributed by atoms with Crippen molar-refractivity contribution in [2.75, 3.05) is 13.2 Å². The van der Waals surface area contributed by atoms with Crippen molar-refractivity contribution in [1.29, 1.82) is 0 Å². The van der Waals surface area contributed by atoms with Crippen LogP contribution in [0.5, 0.6) is 11.5 Å². The number of aromatic nitrogens is 2. The molecule has 55 heavy (non-hydrogen) atoms. The molecular weight excluding hydrogens is 733 g/mol. The van der Waals surface area contributed by atoms with E-state index in [0.717, 1.165) is 86.1 Å². The van der Waals surface area contributed by atoms with E-state index >= 15 is 0 Å². The summed E-state index contributed by atoms with van der Waals surface area (Å²) in [5.41, 5.74) is 2.19. The first-order valence-corrected chi connectivity index (χ1v) is 22.1. The fourth-order valence-corrected chi connectivity index (χ4v) is 9.27. The molecule has 0 aliphatic carbocycles. The van der Waals surface area contributed by atoms with Gasteiger partial charge in [0.1, 0.15) is 11.5 Å². The molecule has 0 aliphatic rings. The zero-order valence-electron chi connectivity index (χ0n) is 30.8. The normalized spacial score (nSPS) is 11.6. The summed E-state index contributed by atoms with van der Waals surface area (Å²) in [5, 5.41) is 1.53. The first-order valence-electron chi connectivity index (χ1n) is 18.9. The van der Waals surface area contributed by atoms with Gasteiger partial charge in [-0.3, -0.25) is 0 Å². The molecule has 0 saturated heterocycles. The molecule has 6 rings (SSSR count). The minimum atomic E-state index is -1.98. The van der Waals surface area contributed by atoms with Crippen LogP contribution in [0, 0.1) is 0 Å². The summed E-state index contributed by atoms with van der Waals surface area (Å²) in [6.45, 7) is 1.15. The van der Waals surface area contributed by atoms with Gasteiger partial charge < -0.3 is 32.0 Å². The second-order valence-corrected chi connectivity index (χ2v) is 16.8. The van der Waals surface area contributed by atoms with Gasteiger partial charge in [0.2, 0.25) is 11.4 Å². The maximum atomic E-state index is 12.5. The van der Waals surface area contributed by atoms with Gasteiger partial charge in [0.25, 0.3) is 0 Å². The molecule has 11 nitrogen and oxygen atoms in total. The van der Waals surface area contributed by atoms with Crippen LogP contribution in [0.1, 0.15) is 64.2 Å². The van der Waals surface area contributed by atoms with Crippen molar-refractivity contribution < 1.29 is 32.0 Å². The summed E-state index contributed by atoms with van der Waals surface area (Å²) in [6.07, 6.45) is 12.8. The van der Waals surface area contributed by atoms with Crippen molar-refractivity contribution in [3.05, 3.63) is 118 Å². The lowest BCUT2D eigenvalue weighted by molar-refractivity contribution is 0.304. The fourth-order valence-electron chi connectivity index (χ4n) is 6.26. The molecule has 0 bridgehead atoms. The lowest BCUT2D eigenvalue weighted by atomic mass is 10.1. The second-order valence-electron chi connectivity index (χ2n) is 13.4. The fraction of sp³-hybridized carbons (Fsp3) is 0.333. The van der Waals surface area contributed by atoms with Crippen LogP contribution in [0.3, 0.4) is 0 Å². The predicted octanol–water partition coefficient (Wildman–Crippen LogP) is 8.36. The molecule has 2 radical (unpaired) electrons. The third-order valence-electron chi connectivity index (χ3n) is 9.15. The van der Waals surface area contributed by atoms with Gasteiger partial charge >= 0.3 is 29.8 Å². The Morgan fingerprint density at radius 3 is 1.44 bits per heavy atom. The Hall–Kier alpha value is -4.93. The average molecular weight is 779 g/mol. The second kappa shape index (κ2) is 20.7. The van der Waals surface area contributed by atoms with Crippen LogP contribution in [-0.2, 0) is 4.12 Å². The lowest BCUT2D eigenvalue weighted by Gasteiger charge is -2.12. The smallest absolute Gasteiger partial charge is 0.372 e. The molecule has 0 amide bonds. The molecule has 4 heterocycles. The quantitative estimate of drug-likeness (QED) is 0.0505. The number of ether oxygens (including phenoxy) is 2. The number of benzene rings is 2. The number of hydrogen-bond acceptors (Lipinski definition) is 11. The van der Waals surface area contributed by atoms with Crippen LogP contribution in [0.15, 0.2) is 116 Å². The van der Waals surface area contributed by atoms with Gasteiger partial charge in [0.15, 0.2) is 0 Å². The highest BCUT2D eigenvalue weighted by Gasteiger charge is 2.19. The van der Waals surface area contributed by atoms with Crippen LogP contribution < -0.4 is 20.7 Å². The van der Waals surface area contributed by atoms with Crippen LogP contribution >= 0.6 is 0 Å². The minimum Gasteiger partial charge on any atom is -0.494 e. The van der Waals surface area contributed by atoms with E-state index in [1.54, 1.807) is 36.7 Å². The molecule has 0 aliphatic heterocycles. The van der Waals surface area contributed by atoms with Crippen LogP contribution in [0.25, 0.3) is 44.5 Å². The summed E-state index contributed by atoms with van der Waals surface area (Å²) < 4.78 is 28.3. The van der Waals surface area contributed by atoms with Gasteiger partial charge in [-0.15, -0.1) is 0 Å². The molecule has 0 saturated carbocycles. The highest BCUT2D eigenvalue weighted by Crippen LogP contribution is 2.26. The van der Waals surface area contributed by atoms with Crippen molar-refractivity contribution in [2.45, 2.75) is 76.3 Å². The highest BCUT2D eigenvalue weighted by atomic mass is 28.4. The van der Waals surface area contributed by atoms with E-state index in [1.807, 2.05) is 60.7 Å². The van der Waals surface area contributed by atoms with Crippen molar-refractivity contribution >= 4 is 40.8 Å². The highest BCUT2D eigenvalue weighted by molar-refractivity contribution is 6.57. The standard InChI is InChI=1S/C42H46N2O9Si2/c45-41-37(29-33-17-13-21-43-39(33)51-41)31-15-11-19-35(27-31)49-23-7-3-1-5-9-25-54(47)53-55(48)26-10-6-2-4-8-24-50-36-20-12-16-32(28-36)38-30-34-18-14-22-44-40(34)52-42(38)46/h11-22,27-30,47-48H,1-10,23-26H2. The lowest BCUT2D eigenvalue weighted by Crippen LogP contribution is -2.29. The number of hydrogen-bond donors (Lipinski definition) is 2.